The van der Waals surface area contributed by atoms with Gasteiger partial charge in [0, 0.05) is 25.7 Å². The number of aryl methyl sites for hydroxylation is 1. The molecule has 1 aliphatic rings. The summed E-state index contributed by atoms with van der Waals surface area (Å²) in [4.78, 5) is 32.5. The number of rotatable bonds is 6. The Hall–Kier alpha value is -3.85. The molecule has 2 aromatic heterocycles. The highest BCUT2D eigenvalue weighted by Crippen LogP contribution is 2.21. The van der Waals surface area contributed by atoms with E-state index < -0.39 is 0 Å². The van der Waals surface area contributed by atoms with Gasteiger partial charge >= 0.3 is 0 Å². The molecule has 180 valence electrons. The van der Waals surface area contributed by atoms with E-state index in [2.05, 4.69) is 20.3 Å². The molecule has 1 aliphatic heterocycles. The standard InChI is InChI=1S/C26H27FN6O2/c1-31-17-29-22-23(30-33(24(22)26(31)35)20-8-3-2-4-9-20)25(34)28-15-18-11-13-32(14-12-18)16-19-7-5-6-10-21(19)27/h2-10,17-18H,11-16H2,1H3,(H,28,34). The molecule has 0 radical (unpaired) electrons. The second-order valence-electron chi connectivity index (χ2n) is 8.97. The van der Waals surface area contributed by atoms with Crippen molar-refractivity contribution in [2.75, 3.05) is 19.6 Å². The molecule has 0 unspecified atom stereocenters. The van der Waals surface area contributed by atoms with Gasteiger partial charge in [-0.25, -0.2) is 14.1 Å². The average Bonchev–Trinajstić information content (AvgIpc) is 3.28. The smallest absolute Gasteiger partial charge is 0.279 e. The molecule has 8 nitrogen and oxygen atoms in total. The lowest BCUT2D eigenvalue weighted by Gasteiger charge is -2.32. The number of halogens is 1. The van der Waals surface area contributed by atoms with E-state index in [4.69, 9.17) is 0 Å². The van der Waals surface area contributed by atoms with E-state index in [9.17, 15) is 14.0 Å². The van der Waals surface area contributed by atoms with Gasteiger partial charge in [0.05, 0.1) is 12.0 Å². The van der Waals surface area contributed by atoms with Crippen molar-refractivity contribution in [3.05, 3.63) is 88.4 Å². The summed E-state index contributed by atoms with van der Waals surface area (Å²) in [7, 11) is 1.62. The van der Waals surface area contributed by atoms with Crippen LogP contribution in [-0.4, -0.2) is 49.8 Å². The molecule has 0 aliphatic carbocycles. The zero-order chi connectivity index (χ0) is 24.4. The minimum atomic E-state index is -0.348. The number of benzene rings is 2. The lowest BCUT2D eigenvalue weighted by atomic mass is 9.96. The Morgan fingerprint density at radius 3 is 2.54 bits per heavy atom. The number of nitrogens with zero attached hydrogens (tertiary/aromatic N) is 5. The van der Waals surface area contributed by atoms with E-state index in [-0.39, 0.29) is 34.0 Å². The highest BCUT2D eigenvalue weighted by molar-refractivity contribution is 6.03. The first-order valence-corrected chi connectivity index (χ1v) is 11.7. The predicted molar refractivity (Wildman–Crippen MR) is 131 cm³/mol. The highest BCUT2D eigenvalue weighted by Gasteiger charge is 2.24. The number of carbonyl (C=O) groups excluding carboxylic acids is 1. The molecule has 4 aromatic rings. The third-order valence-corrected chi connectivity index (χ3v) is 6.57. The van der Waals surface area contributed by atoms with Crippen molar-refractivity contribution in [1.82, 2.24) is 29.5 Å². The molecule has 35 heavy (non-hydrogen) atoms. The van der Waals surface area contributed by atoms with E-state index in [1.54, 1.807) is 13.1 Å². The van der Waals surface area contributed by atoms with E-state index in [0.29, 0.717) is 30.3 Å². The molecule has 1 saturated heterocycles. The molecule has 3 heterocycles. The normalized spacial score (nSPS) is 14.9. The predicted octanol–water partition coefficient (Wildman–Crippen LogP) is 2.90. The number of amides is 1. The number of nitrogens with one attached hydrogen (secondary N) is 1. The lowest BCUT2D eigenvalue weighted by Crippen LogP contribution is -2.38. The number of aromatic nitrogens is 4. The molecule has 0 saturated carbocycles. The molecule has 1 amide bonds. The monoisotopic (exact) mass is 474 g/mol. The van der Waals surface area contributed by atoms with E-state index >= 15 is 0 Å². The summed E-state index contributed by atoms with van der Waals surface area (Å²) in [5.41, 5.74) is 1.82. The van der Waals surface area contributed by atoms with Gasteiger partial charge in [-0.15, -0.1) is 0 Å². The van der Waals surface area contributed by atoms with Crippen LogP contribution in [0.5, 0.6) is 0 Å². The molecular formula is C26H27FN6O2. The van der Waals surface area contributed by atoms with Crippen molar-refractivity contribution < 1.29 is 9.18 Å². The van der Waals surface area contributed by atoms with Crippen molar-refractivity contribution in [2.45, 2.75) is 19.4 Å². The highest BCUT2D eigenvalue weighted by atomic mass is 19.1. The summed E-state index contributed by atoms with van der Waals surface area (Å²) in [6.45, 7) is 2.79. The van der Waals surface area contributed by atoms with E-state index in [0.717, 1.165) is 25.9 Å². The number of fused-ring (bicyclic) bond motifs is 1. The Kier molecular flexibility index (Phi) is 6.41. The summed E-state index contributed by atoms with van der Waals surface area (Å²) in [6, 6.07) is 16.1. The van der Waals surface area contributed by atoms with Gasteiger partial charge in [0.15, 0.2) is 11.2 Å². The van der Waals surface area contributed by atoms with Crippen LogP contribution in [0.3, 0.4) is 0 Å². The Labute approximate surface area is 202 Å². The lowest BCUT2D eigenvalue weighted by molar-refractivity contribution is 0.0931. The Morgan fingerprint density at radius 2 is 1.80 bits per heavy atom. The quantitative estimate of drug-likeness (QED) is 0.465. The van der Waals surface area contributed by atoms with Crippen LogP contribution in [0.15, 0.2) is 65.7 Å². The topological polar surface area (TPSA) is 85.1 Å². The first-order chi connectivity index (χ1) is 17.0. The average molecular weight is 475 g/mol. The van der Waals surface area contributed by atoms with Crippen molar-refractivity contribution >= 4 is 16.9 Å². The second-order valence-corrected chi connectivity index (χ2v) is 8.97. The SMILES string of the molecule is Cn1cnc2c(C(=O)NCC3CCN(Cc4ccccc4F)CC3)nn(-c3ccccc3)c2c1=O. The minimum absolute atomic E-state index is 0.138. The van der Waals surface area contributed by atoms with Gasteiger partial charge in [0.1, 0.15) is 11.3 Å². The van der Waals surface area contributed by atoms with Crippen LogP contribution in [0, 0.1) is 11.7 Å². The minimum Gasteiger partial charge on any atom is -0.350 e. The maximum Gasteiger partial charge on any atom is 0.279 e. The molecule has 1 fully saturated rings. The van der Waals surface area contributed by atoms with Gasteiger partial charge in [0.25, 0.3) is 11.5 Å². The molecule has 0 spiro atoms. The van der Waals surface area contributed by atoms with Gasteiger partial charge in [0.2, 0.25) is 0 Å². The van der Waals surface area contributed by atoms with Gasteiger partial charge in [-0.1, -0.05) is 36.4 Å². The number of carbonyl (C=O) groups is 1. The first kappa shape index (κ1) is 22.9. The summed E-state index contributed by atoms with van der Waals surface area (Å²) < 4.78 is 16.8. The van der Waals surface area contributed by atoms with Crippen molar-refractivity contribution in [3.8, 4) is 5.69 Å². The van der Waals surface area contributed by atoms with Crippen LogP contribution < -0.4 is 10.9 Å². The summed E-state index contributed by atoms with van der Waals surface area (Å²) in [5, 5.41) is 7.47. The van der Waals surface area contributed by atoms with Gasteiger partial charge < -0.3 is 9.88 Å². The fourth-order valence-corrected chi connectivity index (χ4v) is 4.53. The third-order valence-electron chi connectivity index (χ3n) is 6.57. The van der Waals surface area contributed by atoms with Gasteiger partial charge in [-0.2, -0.15) is 5.10 Å². The third kappa shape index (κ3) is 4.72. The van der Waals surface area contributed by atoms with Crippen LogP contribution in [0.1, 0.15) is 28.9 Å². The summed E-state index contributed by atoms with van der Waals surface area (Å²) in [6.07, 6.45) is 3.23. The number of hydrogen-bond acceptors (Lipinski definition) is 5. The van der Waals surface area contributed by atoms with Crippen molar-refractivity contribution in [2.24, 2.45) is 13.0 Å². The van der Waals surface area contributed by atoms with Gasteiger partial charge in [-0.05, 0) is 50.0 Å². The molecule has 0 bridgehead atoms. The van der Waals surface area contributed by atoms with Crippen LogP contribution >= 0.6 is 0 Å². The fraction of sp³-hybridized carbons (Fsp3) is 0.308. The molecule has 1 N–H and O–H groups in total. The number of likely N-dealkylation sites (tertiary alicyclic amines) is 1. The summed E-state index contributed by atoms with van der Waals surface area (Å²) >= 11 is 0. The number of para-hydroxylation sites is 1. The maximum atomic E-state index is 14.0. The van der Waals surface area contributed by atoms with E-state index in [1.165, 1.54) is 21.6 Å². The van der Waals surface area contributed by atoms with Crippen molar-refractivity contribution in [1.29, 1.82) is 0 Å². The molecular weight excluding hydrogens is 447 g/mol. The maximum absolute atomic E-state index is 14.0. The zero-order valence-electron chi connectivity index (χ0n) is 19.5. The van der Waals surface area contributed by atoms with Crippen LogP contribution in [0.25, 0.3) is 16.7 Å². The van der Waals surface area contributed by atoms with Crippen LogP contribution in [0.4, 0.5) is 4.39 Å². The van der Waals surface area contributed by atoms with Gasteiger partial charge in [-0.3, -0.25) is 14.5 Å². The Bertz CT molecular complexity index is 1410. The number of hydrogen-bond donors (Lipinski definition) is 1. The largest absolute Gasteiger partial charge is 0.350 e. The fourth-order valence-electron chi connectivity index (χ4n) is 4.53. The van der Waals surface area contributed by atoms with E-state index in [1.807, 2.05) is 42.5 Å². The Balaban J connectivity index is 1.27. The molecule has 5 rings (SSSR count). The zero-order valence-corrected chi connectivity index (χ0v) is 19.5. The van der Waals surface area contributed by atoms with Crippen LogP contribution in [0.2, 0.25) is 0 Å². The first-order valence-electron chi connectivity index (χ1n) is 11.7. The molecule has 0 atom stereocenters. The van der Waals surface area contributed by atoms with Crippen molar-refractivity contribution in [3.63, 3.8) is 0 Å². The molecule has 2 aromatic carbocycles. The number of piperidine rings is 1. The Morgan fingerprint density at radius 1 is 1.09 bits per heavy atom. The molecule has 9 heteroatoms. The summed E-state index contributed by atoms with van der Waals surface area (Å²) in [5.74, 6) is -0.203. The van der Waals surface area contributed by atoms with Crippen LogP contribution in [-0.2, 0) is 13.6 Å². The second kappa shape index (κ2) is 9.79.